The number of hydrogen-bond donors (Lipinski definition) is 2. The van der Waals surface area contributed by atoms with E-state index in [0.717, 1.165) is 0 Å². The number of aromatic hydroxyl groups is 1. The van der Waals surface area contributed by atoms with Crippen molar-refractivity contribution in [2.24, 2.45) is 0 Å². The smallest absolute Gasteiger partial charge is 0.279 e. The van der Waals surface area contributed by atoms with Gasteiger partial charge in [-0.25, -0.2) is 0 Å². The third-order valence-electron chi connectivity index (χ3n) is 4.90. The molecule has 1 amide bonds. The standard InChI is InChI=1S/C22H23N3O6/c1-4-6-19(26)24-20(13-8-9-17(30-2)18(11-13)31-3)15-12-16(25(28)29)14-7-5-10-23-21(14)22(15)27/h5,7-12,20,27H,4,6H2,1-3H3,(H,24,26)/t20-/m0/s1. The molecule has 0 fully saturated rings. The number of phenols is 1. The number of rotatable bonds is 8. The zero-order chi connectivity index (χ0) is 22.5. The number of nitrogens with one attached hydrogen (secondary N) is 1. The van der Waals surface area contributed by atoms with Crippen molar-refractivity contribution in [3.8, 4) is 17.2 Å². The summed E-state index contributed by atoms with van der Waals surface area (Å²) in [5.41, 5.74) is 0.588. The highest BCUT2D eigenvalue weighted by Gasteiger charge is 2.27. The van der Waals surface area contributed by atoms with Crippen LogP contribution < -0.4 is 14.8 Å². The Kier molecular flexibility index (Phi) is 6.54. The summed E-state index contributed by atoms with van der Waals surface area (Å²) in [6.07, 6.45) is 2.32. The lowest BCUT2D eigenvalue weighted by Crippen LogP contribution is -2.29. The number of nitro benzene ring substituents is 1. The number of hydrogen-bond acceptors (Lipinski definition) is 7. The first-order valence-electron chi connectivity index (χ1n) is 9.67. The van der Waals surface area contributed by atoms with Gasteiger partial charge in [0, 0.05) is 24.2 Å². The van der Waals surface area contributed by atoms with E-state index in [0.29, 0.717) is 23.5 Å². The van der Waals surface area contributed by atoms with Crippen LogP contribution in [0, 0.1) is 10.1 Å². The lowest BCUT2D eigenvalue weighted by Gasteiger charge is -2.22. The van der Waals surface area contributed by atoms with Gasteiger partial charge in [-0.05, 0) is 36.2 Å². The number of phenolic OH excluding ortho intramolecular Hbond substituents is 1. The molecule has 0 aliphatic carbocycles. The maximum atomic E-state index is 12.5. The molecule has 162 valence electrons. The van der Waals surface area contributed by atoms with Crippen LogP contribution in [-0.2, 0) is 4.79 Å². The minimum Gasteiger partial charge on any atom is -0.505 e. The second-order valence-corrected chi connectivity index (χ2v) is 6.86. The molecule has 31 heavy (non-hydrogen) atoms. The van der Waals surface area contributed by atoms with Gasteiger partial charge in [-0.15, -0.1) is 0 Å². The van der Waals surface area contributed by atoms with Crippen molar-refractivity contribution in [1.82, 2.24) is 10.3 Å². The van der Waals surface area contributed by atoms with Gasteiger partial charge in [-0.1, -0.05) is 13.0 Å². The number of amides is 1. The lowest BCUT2D eigenvalue weighted by molar-refractivity contribution is -0.383. The van der Waals surface area contributed by atoms with Crippen molar-refractivity contribution in [3.63, 3.8) is 0 Å². The Morgan fingerprint density at radius 1 is 1.23 bits per heavy atom. The van der Waals surface area contributed by atoms with Crippen molar-refractivity contribution in [2.45, 2.75) is 25.8 Å². The number of benzene rings is 2. The van der Waals surface area contributed by atoms with E-state index in [4.69, 9.17) is 9.47 Å². The molecule has 0 unspecified atom stereocenters. The summed E-state index contributed by atoms with van der Waals surface area (Å²) >= 11 is 0. The van der Waals surface area contributed by atoms with Gasteiger partial charge in [0.05, 0.1) is 30.6 Å². The summed E-state index contributed by atoms with van der Waals surface area (Å²) in [5, 5.41) is 25.8. The highest BCUT2D eigenvalue weighted by atomic mass is 16.6. The van der Waals surface area contributed by atoms with Gasteiger partial charge in [0.15, 0.2) is 11.5 Å². The van der Waals surface area contributed by atoms with Crippen molar-refractivity contribution >= 4 is 22.5 Å². The number of carbonyl (C=O) groups is 1. The molecule has 1 atom stereocenters. The lowest BCUT2D eigenvalue weighted by atomic mass is 9.94. The second-order valence-electron chi connectivity index (χ2n) is 6.86. The molecule has 3 aromatic rings. The van der Waals surface area contributed by atoms with Gasteiger partial charge >= 0.3 is 0 Å². The van der Waals surface area contributed by atoms with E-state index in [1.807, 2.05) is 6.92 Å². The molecular weight excluding hydrogens is 402 g/mol. The Morgan fingerprint density at radius 3 is 2.61 bits per heavy atom. The van der Waals surface area contributed by atoms with Crippen LogP contribution in [0.5, 0.6) is 17.2 Å². The van der Waals surface area contributed by atoms with Crippen LogP contribution in [0.25, 0.3) is 10.9 Å². The fourth-order valence-corrected chi connectivity index (χ4v) is 3.44. The Hall–Kier alpha value is -3.88. The minimum atomic E-state index is -0.871. The van der Waals surface area contributed by atoms with Crippen molar-refractivity contribution < 1.29 is 24.3 Å². The monoisotopic (exact) mass is 425 g/mol. The van der Waals surface area contributed by atoms with E-state index < -0.39 is 11.0 Å². The van der Waals surface area contributed by atoms with Crippen LogP contribution >= 0.6 is 0 Å². The number of nitro groups is 1. The predicted octanol–water partition coefficient (Wildman–Crippen LogP) is 3.87. The molecule has 1 heterocycles. The Labute approximate surface area is 178 Å². The second kappa shape index (κ2) is 9.29. The summed E-state index contributed by atoms with van der Waals surface area (Å²) in [5.74, 6) is 0.408. The molecule has 2 N–H and O–H groups in total. The molecule has 0 radical (unpaired) electrons. The van der Waals surface area contributed by atoms with Crippen LogP contribution in [0.2, 0.25) is 0 Å². The fourth-order valence-electron chi connectivity index (χ4n) is 3.44. The third kappa shape index (κ3) is 4.35. The van der Waals surface area contributed by atoms with Gasteiger partial charge in [-0.2, -0.15) is 0 Å². The Balaban J connectivity index is 2.25. The van der Waals surface area contributed by atoms with E-state index in [9.17, 15) is 20.0 Å². The van der Waals surface area contributed by atoms with Crippen LogP contribution in [0.1, 0.15) is 36.9 Å². The van der Waals surface area contributed by atoms with Crippen LogP contribution in [0.3, 0.4) is 0 Å². The number of ether oxygens (including phenoxy) is 2. The third-order valence-corrected chi connectivity index (χ3v) is 4.90. The quantitative estimate of drug-likeness (QED) is 0.415. The minimum absolute atomic E-state index is 0.0851. The molecule has 9 heteroatoms. The summed E-state index contributed by atoms with van der Waals surface area (Å²) in [6.45, 7) is 1.87. The van der Waals surface area contributed by atoms with E-state index >= 15 is 0 Å². The molecule has 0 saturated carbocycles. The Bertz CT molecular complexity index is 1130. The van der Waals surface area contributed by atoms with Crippen LogP contribution in [-0.4, -0.2) is 35.1 Å². The predicted molar refractivity (Wildman–Crippen MR) is 115 cm³/mol. The maximum Gasteiger partial charge on any atom is 0.279 e. The molecule has 0 aliphatic rings. The van der Waals surface area contributed by atoms with E-state index in [1.165, 1.54) is 32.5 Å². The SMILES string of the molecule is CCCC(=O)N[C@@H](c1ccc(OC)c(OC)c1)c1cc([N+](=O)[O-])c2cccnc2c1O. The molecule has 1 aromatic heterocycles. The normalized spacial score (nSPS) is 11.7. The zero-order valence-corrected chi connectivity index (χ0v) is 17.4. The molecule has 0 aliphatic heterocycles. The topological polar surface area (TPSA) is 124 Å². The number of carbonyl (C=O) groups excluding carboxylic acids is 1. The van der Waals surface area contributed by atoms with Crippen molar-refractivity contribution in [2.75, 3.05) is 14.2 Å². The highest BCUT2D eigenvalue weighted by Crippen LogP contribution is 2.41. The molecule has 9 nitrogen and oxygen atoms in total. The first kappa shape index (κ1) is 21.8. The summed E-state index contributed by atoms with van der Waals surface area (Å²) in [6, 6.07) is 8.50. The number of fused-ring (bicyclic) bond motifs is 1. The van der Waals surface area contributed by atoms with Crippen LogP contribution in [0.4, 0.5) is 5.69 Å². The summed E-state index contributed by atoms with van der Waals surface area (Å²) < 4.78 is 10.6. The first-order valence-corrected chi connectivity index (χ1v) is 9.67. The first-order chi connectivity index (χ1) is 14.9. The molecule has 0 bridgehead atoms. The maximum absolute atomic E-state index is 12.5. The van der Waals surface area contributed by atoms with Crippen molar-refractivity contribution in [3.05, 3.63) is 63.8 Å². The van der Waals surface area contributed by atoms with E-state index in [-0.39, 0.29) is 40.2 Å². The number of methoxy groups -OCH3 is 2. The van der Waals surface area contributed by atoms with Gasteiger partial charge < -0.3 is 19.9 Å². The zero-order valence-electron chi connectivity index (χ0n) is 17.4. The average molecular weight is 425 g/mol. The average Bonchev–Trinajstić information content (AvgIpc) is 2.77. The number of non-ortho nitro benzene ring substituents is 1. The van der Waals surface area contributed by atoms with E-state index in [2.05, 4.69) is 10.3 Å². The largest absolute Gasteiger partial charge is 0.505 e. The fraction of sp³-hybridized carbons (Fsp3) is 0.273. The molecule has 0 spiro atoms. The van der Waals surface area contributed by atoms with Gasteiger partial charge in [0.1, 0.15) is 11.3 Å². The molecular formula is C22H23N3O6. The summed E-state index contributed by atoms with van der Waals surface area (Å²) in [7, 11) is 2.98. The molecule has 2 aromatic carbocycles. The van der Waals surface area contributed by atoms with E-state index in [1.54, 1.807) is 24.3 Å². The molecule has 0 saturated heterocycles. The number of pyridine rings is 1. The number of nitrogens with zero attached hydrogens (tertiary/aromatic N) is 2. The summed E-state index contributed by atoms with van der Waals surface area (Å²) in [4.78, 5) is 27.8. The molecule has 3 rings (SSSR count). The number of aromatic nitrogens is 1. The van der Waals surface area contributed by atoms with Gasteiger partial charge in [0.25, 0.3) is 5.69 Å². The van der Waals surface area contributed by atoms with Gasteiger partial charge in [0.2, 0.25) is 5.91 Å². The Morgan fingerprint density at radius 2 is 1.97 bits per heavy atom. The van der Waals surface area contributed by atoms with Crippen LogP contribution in [0.15, 0.2) is 42.6 Å². The van der Waals surface area contributed by atoms with Gasteiger partial charge in [-0.3, -0.25) is 19.9 Å². The van der Waals surface area contributed by atoms with Crippen molar-refractivity contribution in [1.29, 1.82) is 0 Å². The highest BCUT2D eigenvalue weighted by molar-refractivity contribution is 5.94.